The molecule has 15 nitrogen and oxygen atoms in total. The lowest BCUT2D eigenvalue weighted by Crippen LogP contribution is -2.08. The van der Waals surface area contributed by atoms with Crippen LogP contribution in [0.15, 0.2) is 73.3 Å². The molecule has 4 aromatic heterocycles. The van der Waals surface area contributed by atoms with Crippen molar-refractivity contribution >= 4 is 47.0 Å². The summed E-state index contributed by atoms with van der Waals surface area (Å²) in [5.74, 6) is 0. The minimum atomic E-state index is -4.38. The molecule has 0 saturated carbocycles. The van der Waals surface area contributed by atoms with E-state index in [1.54, 1.807) is 0 Å². The molecule has 0 amide bonds. The van der Waals surface area contributed by atoms with E-state index in [4.69, 9.17) is 29.4 Å². The molecule has 0 aromatic carbocycles. The second-order valence-electron chi connectivity index (χ2n) is 8.82. The maximum Gasteiger partial charge on any atom is 0.356 e. The molecular formula is C23H26N4O11P4. The van der Waals surface area contributed by atoms with Gasteiger partial charge in [0, 0.05) is 30.1 Å². The Balaban J connectivity index is 0.000000231. The van der Waals surface area contributed by atoms with Gasteiger partial charge < -0.3 is 39.1 Å². The van der Waals surface area contributed by atoms with E-state index in [2.05, 4.69) is 26.2 Å². The number of hydrogen-bond donors (Lipinski definition) is 8. The number of pyridine rings is 4. The van der Waals surface area contributed by atoms with Crippen molar-refractivity contribution in [2.24, 2.45) is 0 Å². The maximum absolute atomic E-state index is 11.2. The highest BCUT2D eigenvalue weighted by Crippen LogP contribution is 2.41. The van der Waals surface area contributed by atoms with E-state index in [1.165, 1.54) is 73.3 Å². The van der Waals surface area contributed by atoms with E-state index in [0.717, 1.165) is 0 Å². The van der Waals surface area contributed by atoms with Crippen LogP contribution in [0.2, 0.25) is 0 Å². The molecule has 0 aliphatic heterocycles. The number of aromatic nitrogens is 4. The lowest BCUT2D eigenvalue weighted by atomic mass is 10.1. The Labute approximate surface area is 239 Å². The Morgan fingerprint density at radius 2 is 0.857 bits per heavy atom. The topological polar surface area (TPSA) is 265 Å². The van der Waals surface area contributed by atoms with Crippen molar-refractivity contribution in [1.82, 2.24) is 19.9 Å². The minimum absolute atomic E-state index is 0.182. The molecule has 19 heteroatoms. The fraction of sp³-hybridized carbons (Fsp3) is 0.0870. The molecule has 0 radical (unpaired) electrons. The van der Waals surface area contributed by atoms with Crippen LogP contribution in [0.3, 0.4) is 0 Å². The first-order chi connectivity index (χ1) is 19.3. The van der Waals surface area contributed by atoms with Crippen LogP contribution in [0.25, 0.3) is 22.8 Å². The summed E-state index contributed by atoms with van der Waals surface area (Å²) in [7, 11) is -16.2. The molecule has 0 saturated heterocycles. The SMILES string of the molecule is C=P(O)(O)c1ccnc(-c2cc(P(=O)(O)O)ccn2)c1.O=P(O)(O)Cc1ccnc(-c2cc(CP(=O)(O)O)ccn2)c1. The maximum atomic E-state index is 11.2. The van der Waals surface area contributed by atoms with Crippen molar-refractivity contribution < 1.29 is 52.8 Å². The molecule has 8 N–H and O–H groups in total. The van der Waals surface area contributed by atoms with Gasteiger partial charge >= 0.3 is 22.8 Å². The third-order valence-corrected chi connectivity index (χ3v) is 8.80. The van der Waals surface area contributed by atoms with Gasteiger partial charge in [-0.25, -0.2) is 0 Å². The van der Waals surface area contributed by atoms with Crippen LogP contribution in [0, 0.1) is 0 Å². The average Bonchev–Trinajstić information content (AvgIpc) is 2.87. The van der Waals surface area contributed by atoms with Gasteiger partial charge in [-0.2, -0.15) is 0 Å². The van der Waals surface area contributed by atoms with Gasteiger partial charge in [-0.1, -0.05) is 0 Å². The smallest absolute Gasteiger partial charge is 0.350 e. The molecule has 0 bridgehead atoms. The normalized spacial score (nSPS) is 12.4. The standard InChI is InChI=1S/C12H14N2O6P2.C11H12N2O5P2/c15-21(16,17)7-9-1-3-13-11(5-9)12-6-10(2-4-14-12)8-22(18,19)20;1-19(14,15)8-2-4-12-10(6-8)11-7-9(3-5-13-11)20(16,17)18/h1-6H,7-8H2,(H2,15,16,17)(H2,18,19,20);2-7,14-15H,1H2,(H2,16,17,18). The van der Waals surface area contributed by atoms with Gasteiger partial charge in [-0.3, -0.25) is 33.6 Å². The first-order valence-electron chi connectivity index (χ1n) is 11.5. The Hall–Kier alpha value is -2.73. The molecule has 42 heavy (non-hydrogen) atoms. The van der Waals surface area contributed by atoms with Gasteiger partial charge in [0.2, 0.25) is 0 Å². The highest BCUT2D eigenvalue weighted by molar-refractivity contribution is 7.70. The first kappa shape index (κ1) is 33.8. The Morgan fingerprint density at radius 1 is 0.524 bits per heavy atom. The summed E-state index contributed by atoms with van der Waals surface area (Å²) in [6.07, 6.45) is 7.86. The number of rotatable bonds is 8. The fourth-order valence-corrected chi connectivity index (χ4v) is 5.95. The van der Waals surface area contributed by atoms with E-state index in [1.807, 2.05) is 0 Å². The van der Waals surface area contributed by atoms with Gasteiger partial charge in [0.25, 0.3) is 0 Å². The summed E-state index contributed by atoms with van der Waals surface area (Å²) in [6.45, 7) is 0. The van der Waals surface area contributed by atoms with Crippen LogP contribution in [-0.2, 0) is 26.0 Å². The fourth-order valence-electron chi connectivity index (χ4n) is 3.42. The zero-order valence-electron chi connectivity index (χ0n) is 21.4. The Bertz CT molecular complexity index is 1640. The monoisotopic (exact) mass is 658 g/mol. The molecule has 4 aromatic rings. The molecular weight excluding hydrogens is 632 g/mol. The summed E-state index contributed by atoms with van der Waals surface area (Å²) >= 11 is 0. The van der Waals surface area contributed by atoms with Gasteiger partial charge in [0.05, 0.1) is 40.4 Å². The van der Waals surface area contributed by atoms with E-state index >= 15 is 0 Å². The van der Waals surface area contributed by atoms with Crippen LogP contribution < -0.4 is 10.6 Å². The lowest BCUT2D eigenvalue weighted by molar-refractivity contribution is 0.369. The van der Waals surface area contributed by atoms with Crippen molar-refractivity contribution in [2.75, 3.05) is 0 Å². The largest absolute Gasteiger partial charge is 0.356 e. The van der Waals surface area contributed by atoms with Gasteiger partial charge in [-0.15, -0.1) is 0 Å². The lowest BCUT2D eigenvalue weighted by Gasteiger charge is -2.11. The van der Waals surface area contributed by atoms with Crippen LogP contribution in [0.4, 0.5) is 0 Å². The van der Waals surface area contributed by atoms with Crippen LogP contribution in [0.1, 0.15) is 11.1 Å². The van der Waals surface area contributed by atoms with Crippen molar-refractivity contribution in [2.45, 2.75) is 12.3 Å². The predicted octanol–water partition coefficient (Wildman–Crippen LogP) is 1.34. The Morgan fingerprint density at radius 3 is 1.21 bits per heavy atom. The number of hydrogen-bond acceptors (Lipinski definition) is 9. The van der Waals surface area contributed by atoms with E-state index in [0.29, 0.717) is 22.5 Å². The molecule has 4 heterocycles. The minimum Gasteiger partial charge on any atom is -0.350 e. The molecule has 0 unspecified atom stereocenters. The quantitative estimate of drug-likeness (QED) is 0.124. The first-order valence-corrected chi connectivity index (χ1v) is 18.6. The third kappa shape index (κ3) is 10.8. The van der Waals surface area contributed by atoms with Crippen LogP contribution >= 0.6 is 30.1 Å². The molecule has 0 aliphatic rings. The van der Waals surface area contributed by atoms with Gasteiger partial charge in [-0.05, 0) is 66.0 Å². The van der Waals surface area contributed by atoms with Crippen molar-refractivity contribution in [3.8, 4) is 22.8 Å². The molecule has 0 aliphatic carbocycles. The molecule has 0 fully saturated rings. The Kier molecular flexibility index (Phi) is 10.7. The van der Waals surface area contributed by atoms with Crippen LogP contribution in [-0.4, -0.2) is 65.4 Å². The van der Waals surface area contributed by atoms with Crippen molar-refractivity contribution in [1.29, 1.82) is 0 Å². The molecule has 4 rings (SSSR count). The molecule has 224 valence electrons. The van der Waals surface area contributed by atoms with Crippen molar-refractivity contribution in [3.05, 3.63) is 84.4 Å². The second kappa shape index (κ2) is 13.3. The average molecular weight is 658 g/mol. The highest BCUT2D eigenvalue weighted by atomic mass is 31.2. The van der Waals surface area contributed by atoms with Gasteiger partial charge in [0.1, 0.15) is 7.34 Å². The molecule has 0 spiro atoms. The summed E-state index contributed by atoms with van der Waals surface area (Å²) < 4.78 is 33.3. The summed E-state index contributed by atoms with van der Waals surface area (Å²) in [4.78, 5) is 89.4. The van der Waals surface area contributed by atoms with E-state index in [-0.39, 0.29) is 22.0 Å². The summed E-state index contributed by atoms with van der Waals surface area (Å²) in [5, 5.41) is 0.0178. The van der Waals surface area contributed by atoms with E-state index < -0.39 is 42.5 Å². The van der Waals surface area contributed by atoms with E-state index in [9.17, 15) is 23.5 Å². The highest BCUT2D eigenvalue weighted by Gasteiger charge is 2.19. The predicted molar refractivity (Wildman–Crippen MR) is 156 cm³/mol. The third-order valence-electron chi connectivity index (χ3n) is 5.19. The summed E-state index contributed by atoms with van der Waals surface area (Å²) in [6, 6.07) is 11.2. The van der Waals surface area contributed by atoms with Crippen molar-refractivity contribution in [3.63, 3.8) is 0 Å². The summed E-state index contributed by atoms with van der Waals surface area (Å²) in [5.41, 5.74) is 2.05. The zero-order chi connectivity index (χ0) is 31.3. The number of nitrogens with zero attached hydrogens (tertiary/aromatic N) is 4. The van der Waals surface area contributed by atoms with Gasteiger partial charge in [0.15, 0.2) is 0 Å². The second-order valence-corrected chi connectivity index (χ2v) is 15.7. The molecule has 0 atom stereocenters. The zero-order valence-corrected chi connectivity index (χ0v) is 25.0. The van der Waals surface area contributed by atoms with Crippen LogP contribution in [0.5, 0.6) is 0 Å².